The predicted molar refractivity (Wildman–Crippen MR) is 116 cm³/mol. The van der Waals surface area contributed by atoms with Crippen LogP contribution >= 0.6 is 0 Å². The molecule has 0 aromatic heterocycles. The van der Waals surface area contributed by atoms with Gasteiger partial charge in [0.2, 0.25) is 9.84 Å². The third kappa shape index (κ3) is 4.84. The molecule has 0 unspecified atom stereocenters. The van der Waals surface area contributed by atoms with Crippen molar-refractivity contribution in [2.75, 3.05) is 0 Å². The van der Waals surface area contributed by atoms with Gasteiger partial charge in [-0.3, -0.25) is 0 Å². The quantitative estimate of drug-likeness (QED) is 0.561. The summed E-state index contributed by atoms with van der Waals surface area (Å²) in [6.45, 7) is 13.1. The van der Waals surface area contributed by atoms with Crippen LogP contribution in [0.4, 0.5) is 0 Å². The molecule has 0 spiro atoms. The average molecular weight is 383 g/mol. The Morgan fingerprint density at radius 2 is 1.19 bits per heavy atom. The Morgan fingerprint density at radius 3 is 1.59 bits per heavy atom. The molecule has 0 aliphatic heterocycles. The van der Waals surface area contributed by atoms with Crippen molar-refractivity contribution >= 4 is 22.6 Å². The van der Waals surface area contributed by atoms with Gasteiger partial charge in [-0.05, 0) is 48.1 Å². The maximum atomic E-state index is 13.0. The standard InChI is InChI=1S/C23H32BO2S/c1-7-22(4,5)24-19-12-16-21(17-13-19)27(25,26)20-14-10-18(11-15-20)23(6,8-2)9-3/h10-17H,7-9H2,1-6H3. The maximum absolute atomic E-state index is 13.0. The van der Waals surface area contributed by atoms with Gasteiger partial charge < -0.3 is 0 Å². The summed E-state index contributed by atoms with van der Waals surface area (Å²) < 4.78 is 26.0. The van der Waals surface area contributed by atoms with E-state index in [0.717, 1.165) is 24.7 Å². The zero-order chi connectivity index (χ0) is 20.3. The second kappa shape index (κ2) is 8.22. The van der Waals surface area contributed by atoms with Crippen LogP contribution in [0.1, 0.15) is 66.4 Å². The summed E-state index contributed by atoms with van der Waals surface area (Å²) in [5, 5.41) is 0.0986. The smallest absolute Gasteiger partial charge is 0.206 e. The molecule has 0 saturated carbocycles. The summed E-state index contributed by atoms with van der Waals surface area (Å²) in [6, 6.07) is 14.6. The van der Waals surface area contributed by atoms with Crippen molar-refractivity contribution < 1.29 is 8.42 Å². The van der Waals surface area contributed by atoms with Crippen LogP contribution in [0.3, 0.4) is 0 Å². The molecule has 0 aliphatic carbocycles. The van der Waals surface area contributed by atoms with Crippen molar-refractivity contribution in [2.45, 2.75) is 81.3 Å². The van der Waals surface area contributed by atoms with Crippen molar-refractivity contribution in [3.05, 3.63) is 54.1 Å². The van der Waals surface area contributed by atoms with E-state index in [1.807, 2.05) is 24.3 Å². The van der Waals surface area contributed by atoms with Crippen LogP contribution in [0.25, 0.3) is 0 Å². The Kier molecular flexibility index (Phi) is 6.62. The highest BCUT2D eigenvalue weighted by molar-refractivity contribution is 7.91. The van der Waals surface area contributed by atoms with Crippen LogP contribution in [-0.4, -0.2) is 15.7 Å². The lowest BCUT2D eigenvalue weighted by Crippen LogP contribution is -2.25. The molecule has 0 saturated heterocycles. The zero-order valence-electron chi connectivity index (χ0n) is 17.5. The number of hydrogen-bond donors (Lipinski definition) is 0. The maximum Gasteiger partial charge on any atom is 0.206 e. The van der Waals surface area contributed by atoms with E-state index in [1.165, 1.54) is 5.56 Å². The minimum Gasteiger partial charge on any atom is -0.219 e. The molecule has 0 atom stereocenters. The third-order valence-corrected chi connectivity index (χ3v) is 7.87. The summed E-state index contributed by atoms with van der Waals surface area (Å²) >= 11 is 0. The van der Waals surface area contributed by atoms with E-state index in [0.29, 0.717) is 9.79 Å². The van der Waals surface area contributed by atoms with Gasteiger partial charge in [-0.25, -0.2) is 8.42 Å². The highest BCUT2D eigenvalue weighted by atomic mass is 32.2. The minimum atomic E-state index is -3.49. The highest BCUT2D eigenvalue weighted by Gasteiger charge is 2.24. The van der Waals surface area contributed by atoms with Crippen molar-refractivity contribution in [3.63, 3.8) is 0 Å². The summed E-state index contributed by atoms with van der Waals surface area (Å²) in [5.41, 5.74) is 2.34. The van der Waals surface area contributed by atoms with Gasteiger partial charge in [0.1, 0.15) is 0 Å². The molecule has 27 heavy (non-hydrogen) atoms. The van der Waals surface area contributed by atoms with Crippen LogP contribution in [0, 0.1) is 0 Å². The van der Waals surface area contributed by atoms with Crippen LogP contribution in [0.15, 0.2) is 58.3 Å². The van der Waals surface area contributed by atoms with Gasteiger partial charge in [0.15, 0.2) is 7.28 Å². The topological polar surface area (TPSA) is 34.1 Å². The predicted octanol–water partition coefficient (Wildman–Crippen LogP) is 5.54. The molecule has 0 N–H and O–H groups in total. The monoisotopic (exact) mass is 383 g/mol. The Balaban J connectivity index is 2.28. The van der Waals surface area contributed by atoms with E-state index in [1.54, 1.807) is 24.3 Å². The highest BCUT2D eigenvalue weighted by Crippen LogP contribution is 2.32. The molecule has 0 amide bonds. The number of benzene rings is 2. The molecule has 2 aromatic rings. The number of sulfone groups is 1. The second-order valence-corrected chi connectivity index (χ2v) is 10.3. The lowest BCUT2D eigenvalue weighted by molar-refractivity contribution is 0.438. The van der Waals surface area contributed by atoms with Gasteiger partial charge in [0.25, 0.3) is 0 Å². The second-order valence-electron chi connectivity index (χ2n) is 8.35. The van der Waals surface area contributed by atoms with Gasteiger partial charge >= 0.3 is 0 Å². The van der Waals surface area contributed by atoms with E-state index in [2.05, 4.69) is 48.8 Å². The fourth-order valence-electron chi connectivity index (χ4n) is 3.13. The van der Waals surface area contributed by atoms with Gasteiger partial charge in [-0.1, -0.05) is 83.0 Å². The molecular formula is C23H32BO2S. The molecule has 145 valence electrons. The molecule has 0 bridgehead atoms. The molecule has 2 nitrogen and oxygen atoms in total. The lowest BCUT2D eigenvalue weighted by atomic mass is 9.49. The molecular weight excluding hydrogens is 351 g/mol. The Morgan fingerprint density at radius 1 is 0.741 bits per heavy atom. The zero-order valence-corrected chi connectivity index (χ0v) is 18.4. The van der Waals surface area contributed by atoms with Crippen molar-refractivity contribution in [3.8, 4) is 0 Å². The SMILES string of the molecule is CCC(C)(C)[B]c1ccc(S(=O)(=O)c2ccc(C(C)(CC)CC)cc2)cc1. The molecule has 2 rings (SSSR count). The molecule has 0 heterocycles. The molecule has 0 aliphatic rings. The average Bonchev–Trinajstić information content (AvgIpc) is 2.67. The largest absolute Gasteiger partial charge is 0.219 e. The van der Waals surface area contributed by atoms with Crippen molar-refractivity contribution in [2.24, 2.45) is 0 Å². The van der Waals surface area contributed by atoms with Gasteiger partial charge in [-0.15, -0.1) is 0 Å². The Hall–Kier alpha value is -1.55. The van der Waals surface area contributed by atoms with Crippen molar-refractivity contribution in [1.29, 1.82) is 0 Å². The number of hydrogen-bond acceptors (Lipinski definition) is 2. The van der Waals surface area contributed by atoms with Gasteiger partial charge in [-0.2, -0.15) is 0 Å². The van der Waals surface area contributed by atoms with E-state index in [-0.39, 0.29) is 10.7 Å². The van der Waals surface area contributed by atoms with Crippen LogP contribution < -0.4 is 5.46 Å². The van der Waals surface area contributed by atoms with Gasteiger partial charge in [0.05, 0.1) is 9.79 Å². The van der Waals surface area contributed by atoms with Crippen LogP contribution in [-0.2, 0) is 15.3 Å². The fourth-order valence-corrected chi connectivity index (χ4v) is 4.39. The van der Waals surface area contributed by atoms with Gasteiger partial charge in [0, 0.05) is 0 Å². The lowest BCUT2D eigenvalue weighted by Gasteiger charge is -2.27. The van der Waals surface area contributed by atoms with Crippen LogP contribution in [0.5, 0.6) is 0 Å². The van der Waals surface area contributed by atoms with E-state index < -0.39 is 9.84 Å². The summed E-state index contributed by atoms with van der Waals surface area (Å²) in [6.07, 6.45) is 3.09. The van der Waals surface area contributed by atoms with E-state index in [4.69, 9.17) is 0 Å². The first-order chi connectivity index (χ1) is 12.6. The molecule has 2 aromatic carbocycles. The summed E-state index contributed by atoms with van der Waals surface area (Å²) in [5.74, 6) is 0. The third-order valence-electron chi connectivity index (χ3n) is 6.08. The first-order valence-electron chi connectivity index (χ1n) is 9.89. The fraction of sp³-hybridized carbons (Fsp3) is 0.478. The molecule has 4 heteroatoms. The Bertz CT molecular complexity index is 846. The van der Waals surface area contributed by atoms with E-state index in [9.17, 15) is 8.42 Å². The first kappa shape index (κ1) is 21.8. The molecule has 1 radical (unpaired) electrons. The van der Waals surface area contributed by atoms with E-state index >= 15 is 0 Å². The number of rotatable bonds is 8. The first-order valence-corrected chi connectivity index (χ1v) is 11.4. The molecule has 0 fully saturated rings. The summed E-state index contributed by atoms with van der Waals surface area (Å²) in [7, 11) is -1.31. The minimum absolute atomic E-state index is 0.0891. The Labute approximate surface area is 166 Å². The normalized spacial score (nSPS) is 12.8. The van der Waals surface area contributed by atoms with Crippen LogP contribution in [0.2, 0.25) is 5.31 Å². The van der Waals surface area contributed by atoms with Crippen molar-refractivity contribution in [1.82, 2.24) is 0 Å². The summed E-state index contributed by atoms with van der Waals surface area (Å²) in [4.78, 5) is 0.696.